The summed E-state index contributed by atoms with van der Waals surface area (Å²) >= 11 is 0. The van der Waals surface area contributed by atoms with Crippen LogP contribution < -0.4 is 0 Å². The molecule has 0 bridgehead atoms. The number of nitrogens with zero attached hydrogens (tertiary/aromatic N) is 1. The second kappa shape index (κ2) is 3.11. The molecule has 0 saturated carbocycles. The predicted octanol–water partition coefficient (Wildman–Crippen LogP) is 1.36. The van der Waals surface area contributed by atoms with Gasteiger partial charge in [-0.3, -0.25) is 4.90 Å². The van der Waals surface area contributed by atoms with E-state index in [4.69, 9.17) is 4.74 Å². The maximum Gasteiger partial charge on any atom is 0.0749 e. The van der Waals surface area contributed by atoms with Gasteiger partial charge in [0.05, 0.1) is 5.60 Å². The zero-order chi connectivity index (χ0) is 8.48. The summed E-state index contributed by atoms with van der Waals surface area (Å²) in [5.41, 5.74) is 0.0279. The van der Waals surface area contributed by atoms with Gasteiger partial charge in [-0.1, -0.05) is 6.92 Å². The minimum Gasteiger partial charge on any atom is -0.377 e. The number of methoxy groups -OCH3 is 1. The van der Waals surface area contributed by atoms with Crippen LogP contribution >= 0.6 is 0 Å². The first-order valence-electron chi connectivity index (χ1n) is 4.31. The molecule has 2 heteroatoms. The summed E-state index contributed by atoms with van der Waals surface area (Å²) < 4.78 is 5.34. The van der Waals surface area contributed by atoms with Gasteiger partial charge in [-0.15, -0.1) is 0 Å². The highest BCUT2D eigenvalue weighted by Gasteiger charge is 2.28. The largest absolute Gasteiger partial charge is 0.377 e. The Morgan fingerprint density at radius 1 is 1.45 bits per heavy atom. The average molecular weight is 157 g/mol. The van der Waals surface area contributed by atoms with Crippen LogP contribution in [0.3, 0.4) is 0 Å². The summed E-state index contributed by atoms with van der Waals surface area (Å²) in [6.45, 7) is 10.1. The quantitative estimate of drug-likeness (QED) is 0.613. The van der Waals surface area contributed by atoms with Crippen molar-refractivity contribution < 1.29 is 4.74 Å². The van der Waals surface area contributed by atoms with Crippen LogP contribution in [-0.4, -0.2) is 37.2 Å². The number of ether oxygens (including phenoxy) is 1. The molecule has 1 fully saturated rings. The van der Waals surface area contributed by atoms with Crippen molar-refractivity contribution in [2.24, 2.45) is 5.92 Å². The topological polar surface area (TPSA) is 12.5 Å². The van der Waals surface area contributed by atoms with Crippen molar-refractivity contribution in [3.63, 3.8) is 0 Å². The van der Waals surface area contributed by atoms with E-state index < -0.39 is 0 Å². The lowest BCUT2D eigenvalue weighted by Crippen LogP contribution is -2.51. The van der Waals surface area contributed by atoms with Crippen molar-refractivity contribution >= 4 is 0 Å². The van der Waals surface area contributed by atoms with Gasteiger partial charge in [0.2, 0.25) is 0 Å². The van der Waals surface area contributed by atoms with Gasteiger partial charge in [-0.2, -0.15) is 0 Å². The Morgan fingerprint density at radius 3 is 2.36 bits per heavy atom. The molecular weight excluding hydrogens is 138 g/mol. The Bertz CT molecular complexity index is 128. The maximum absolute atomic E-state index is 5.34. The molecule has 0 spiro atoms. The highest BCUT2D eigenvalue weighted by Crippen LogP contribution is 2.19. The van der Waals surface area contributed by atoms with E-state index in [-0.39, 0.29) is 5.60 Å². The zero-order valence-electron chi connectivity index (χ0n) is 8.05. The van der Waals surface area contributed by atoms with Crippen molar-refractivity contribution in [2.45, 2.75) is 26.4 Å². The molecule has 0 radical (unpaired) electrons. The Balaban J connectivity index is 2.21. The fourth-order valence-electron chi connectivity index (χ4n) is 1.56. The highest BCUT2D eigenvalue weighted by molar-refractivity contribution is 4.82. The molecule has 0 aromatic heterocycles. The lowest BCUT2D eigenvalue weighted by atomic mass is 9.99. The minimum absolute atomic E-state index is 0.0279. The van der Waals surface area contributed by atoms with Crippen LogP contribution in [0.1, 0.15) is 20.8 Å². The van der Waals surface area contributed by atoms with E-state index in [1.54, 1.807) is 7.11 Å². The van der Waals surface area contributed by atoms with Gasteiger partial charge in [-0.05, 0) is 19.8 Å². The molecule has 0 aliphatic carbocycles. The van der Waals surface area contributed by atoms with Crippen molar-refractivity contribution in [3.8, 4) is 0 Å². The van der Waals surface area contributed by atoms with Crippen LogP contribution in [0.5, 0.6) is 0 Å². The Hall–Kier alpha value is -0.0800. The van der Waals surface area contributed by atoms with E-state index >= 15 is 0 Å². The van der Waals surface area contributed by atoms with Gasteiger partial charge in [0.15, 0.2) is 0 Å². The van der Waals surface area contributed by atoms with Gasteiger partial charge in [0, 0.05) is 26.7 Å². The number of likely N-dealkylation sites (tertiary alicyclic amines) is 1. The first-order valence-corrected chi connectivity index (χ1v) is 4.31. The number of hydrogen-bond acceptors (Lipinski definition) is 2. The van der Waals surface area contributed by atoms with E-state index in [9.17, 15) is 0 Å². The Morgan fingerprint density at radius 2 is 2.00 bits per heavy atom. The van der Waals surface area contributed by atoms with Crippen LogP contribution in [0.15, 0.2) is 0 Å². The summed E-state index contributed by atoms with van der Waals surface area (Å²) in [7, 11) is 1.78. The van der Waals surface area contributed by atoms with Crippen molar-refractivity contribution in [2.75, 3.05) is 26.7 Å². The van der Waals surface area contributed by atoms with Crippen molar-refractivity contribution in [1.82, 2.24) is 4.90 Å². The zero-order valence-corrected chi connectivity index (χ0v) is 8.05. The first-order chi connectivity index (χ1) is 5.03. The van der Waals surface area contributed by atoms with E-state index in [1.807, 2.05) is 0 Å². The minimum atomic E-state index is 0.0279. The third-order valence-electron chi connectivity index (χ3n) is 2.30. The summed E-state index contributed by atoms with van der Waals surface area (Å²) in [5, 5.41) is 0. The van der Waals surface area contributed by atoms with Gasteiger partial charge in [0.25, 0.3) is 0 Å². The van der Waals surface area contributed by atoms with E-state index in [0.717, 1.165) is 12.5 Å². The average Bonchev–Trinajstić information content (AvgIpc) is 1.84. The molecule has 1 aliphatic rings. The molecule has 66 valence electrons. The number of hydrogen-bond donors (Lipinski definition) is 0. The molecule has 1 aliphatic heterocycles. The Kier molecular flexibility index (Phi) is 2.55. The summed E-state index contributed by atoms with van der Waals surface area (Å²) in [4.78, 5) is 2.44. The molecule has 1 heterocycles. The monoisotopic (exact) mass is 157 g/mol. The highest BCUT2D eigenvalue weighted by atomic mass is 16.5. The second-order valence-electron chi connectivity index (χ2n) is 4.26. The van der Waals surface area contributed by atoms with Crippen molar-refractivity contribution in [1.29, 1.82) is 0 Å². The SMILES string of the molecule is COC(C)(C)CN1CC(C)C1. The van der Waals surface area contributed by atoms with Crippen LogP contribution in [0.2, 0.25) is 0 Å². The van der Waals surface area contributed by atoms with Gasteiger partial charge >= 0.3 is 0 Å². The molecule has 0 amide bonds. The van der Waals surface area contributed by atoms with E-state index in [2.05, 4.69) is 25.7 Å². The van der Waals surface area contributed by atoms with E-state index in [0.29, 0.717) is 0 Å². The van der Waals surface area contributed by atoms with Gasteiger partial charge in [0.1, 0.15) is 0 Å². The van der Waals surface area contributed by atoms with Crippen LogP contribution in [0.25, 0.3) is 0 Å². The second-order valence-corrected chi connectivity index (χ2v) is 4.26. The third-order valence-corrected chi connectivity index (χ3v) is 2.30. The normalized spacial score (nSPS) is 21.8. The molecule has 1 saturated heterocycles. The molecule has 0 aromatic rings. The molecule has 0 N–H and O–H groups in total. The first kappa shape index (κ1) is 9.01. The molecule has 0 aromatic carbocycles. The lowest BCUT2D eigenvalue weighted by molar-refractivity contribution is -0.0340. The molecule has 11 heavy (non-hydrogen) atoms. The summed E-state index contributed by atoms with van der Waals surface area (Å²) in [6, 6.07) is 0. The Labute approximate surface area is 69.5 Å². The van der Waals surface area contributed by atoms with Crippen LogP contribution in [-0.2, 0) is 4.74 Å². The van der Waals surface area contributed by atoms with Gasteiger partial charge < -0.3 is 4.74 Å². The summed E-state index contributed by atoms with van der Waals surface area (Å²) in [6.07, 6.45) is 0. The molecule has 0 atom stereocenters. The smallest absolute Gasteiger partial charge is 0.0749 e. The molecular formula is C9H19NO. The fraction of sp³-hybridized carbons (Fsp3) is 1.00. The van der Waals surface area contributed by atoms with Gasteiger partial charge in [-0.25, -0.2) is 0 Å². The third kappa shape index (κ3) is 2.46. The standard InChI is InChI=1S/C9H19NO/c1-8-5-10(6-8)7-9(2,3)11-4/h8H,5-7H2,1-4H3. The van der Waals surface area contributed by atoms with Crippen molar-refractivity contribution in [3.05, 3.63) is 0 Å². The number of rotatable bonds is 3. The van der Waals surface area contributed by atoms with Crippen LogP contribution in [0.4, 0.5) is 0 Å². The van der Waals surface area contributed by atoms with E-state index in [1.165, 1.54) is 13.1 Å². The summed E-state index contributed by atoms with van der Waals surface area (Å²) in [5.74, 6) is 0.891. The molecule has 2 nitrogen and oxygen atoms in total. The molecule has 0 unspecified atom stereocenters. The van der Waals surface area contributed by atoms with Crippen LogP contribution in [0, 0.1) is 5.92 Å². The lowest BCUT2D eigenvalue weighted by Gasteiger charge is -2.41. The fourth-order valence-corrected chi connectivity index (χ4v) is 1.56. The predicted molar refractivity (Wildman–Crippen MR) is 46.7 cm³/mol. The molecule has 1 rings (SSSR count). The maximum atomic E-state index is 5.34.